The molecule has 0 bridgehead atoms. The highest BCUT2D eigenvalue weighted by Crippen LogP contribution is 2.34. The summed E-state index contributed by atoms with van der Waals surface area (Å²) >= 11 is 0. The molecule has 6 nitrogen and oxygen atoms in total. The number of nitrogens with two attached hydrogens (primary N) is 1. The second-order valence-corrected chi connectivity index (χ2v) is 3.59. The molecule has 104 valence electrons. The Morgan fingerprint density at radius 3 is 2.55 bits per heavy atom. The van der Waals surface area contributed by atoms with Crippen LogP contribution in [0.5, 0.6) is 11.6 Å². The predicted octanol–water partition coefficient (Wildman–Crippen LogP) is 2.78. The fourth-order valence-corrected chi connectivity index (χ4v) is 1.37. The van der Waals surface area contributed by atoms with E-state index in [-0.39, 0.29) is 0 Å². The predicted molar refractivity (Wildman–Crippen MR) is 61.7 cm³/mol. The van der Waals surface area contributed by atoms with Crippen molar-refractivity contribution in [3.8, 4) is 11.6 Å². The molecule has 0 saturated heterocycles. The van der Waals surface area contributed by atoms with Gasteiger partial charge in [0.15, 0.2) is 23.3 Å². The maximum atomic E-state index is 13.5. The van der Waals surface area contributed by atoms with Crippen LogP contribution in [0.4, 0.5) is 24.7 Å². The van der Waals surface area contributed by atoms with E-state index in [2.05, 4.69) is 4.98 Å². The molecule has 1 aromatic heterocycles. The number of halogens is 3. The number of para-hydroxylation sites is 1. The second kappa shape index (κ2) is 5.03. The molecule has 2 aromatic rings. The largest absolute Gasteiger partial charge is 0.426 e. The first-order chi connectivity index (χ1) is 9.40. The number of hydrogen-bond donors (Lipinski definition) is 1. The van der Waals surface area contributed by atoms with Crippen molar-refractivity contribution in [2.24, 2.45) is 0 Å². The van der Waals surface area contributed by atoms with Gasteiger partial charge in [-0.1, -0.05) is 6.07 Å². The molecule has 0 spiro atoms. The number of rotatable bonds is 3. The van der Waals surface area contributed by atoms with Crippen molar-refractivity contribution in [2.45, 2.75) is 0 Å². The normalized spacial score (nSPS) is 10.3. The van der Waals surface area contributed by atoms with Gasteiger partial charge in [0.1, 0.15) is 0 Å². The van der Waals surface area contributed by atoms with E-state index in [1.807, 2.05) is 0 Å². The average Bonchev–Trinajstić information content (AvgIpc) is 2.37. The van der Waals surface area contributed by atoms with Crippen molar-refractivity contribution in [1.82, 2.24) is 4.98 Å². The minimum Gasteiger partial charge on any atom is -0.426 e. The summed E-state index contributed by atoms with van der Waals surface area (Å²) in [6, 6.07) is 3.31. The lowest BCUT2D eigenvalue weighted by Gasteiger charge is -2.08. The van der Waals surface area contributed by atoms with E-state index < -0.39 is 45.5 Å². The zero-order chi connectivity index (χ0) is 14.9. The number of nitro benzene ring substituents is 1. The maximum absolute atomic E-state index is 13.5. The number of aromatic nitrogens is 1. The van der Waals surface area contributed by atoms with Gasteiger partial charge < -0.3 is 10.5 Å². The first-order valence-corrected chi connectivity index (χ1v) is 5.12. The Balaban J connectivity index is 2.50. The molecule has 1 heterocycles. The summed E-state index contributed by atoms with van der Waals surface area (Å²) in [6.45, 7) is 0. The molecule has 2 rings (SSSR count). The minimum atomic E-state index is -1.27. The quantitative estimate of drug-likeness (QED) is 0.691. The summed E-state index contributed by atoms with van der Waals surface area (Å²) in [6.07, 6.45) is 0. The molecule has 0 aliphatic carbocycles. The van der Waals surface area contributed by atoms with Crippen molar-refractivity contribution >= 4 is 11.5 Å². The summed E-state index contributed by atoms with van der Waals surface area (Å²) in [5.74, 6) is -5.87. The molecule has 0 aliphatic rings. The Labute approximate surface area is 109 Å². The third kappa shape index (κ3) is 2.46. The van der Waals surface area contributed by atoms with Gasteiger partial charge in [-0.3, -0.25) is 10.1 Å². The van der Waals surface area contributed by atoms with Crippen molar-refractivity contribution < 1.29 is 22.8 Å². The van der Waals surface area contributed by atoms with Crippen LogP contribution in [0.2, 0.25) is 0 Å². The van der Waals surface area contributed by atoms with E-state index in [1.54, 1.807) is 0 Å². The molecule has 0 unspecified atom stereocenters. The van der Waals surface area contributed by atoms with Gasteiger partial charge in [-0.05, 0) is 6.07 Å². The highest BCUT2D eigenvalue weighted by atomic mass is 19.1. The number of anilines is 1. The molecule has 0 atom stereocenters. The van der Waals surface area contributed by atoms with Crippen molar-refractivity contribution in [2.75, 3.05) is 5.73 Å². The summed E-state index contributed by atoms with van der Waals surface area (Å²) in [4.78, 5) is 13.0. The monoisotopic (exact) mass is 285 g/mol. The van der Waals surface area contributed by atoms with Gasteiger partial charge in [0.05, 0.1) is 4.92 Å². The molecule has 0 aliphatic heterocycles. The van der Waals surface area contributed by atoms with Crippen LogP contribution in [-0.4, -0.2) is 9.91 Å². The van der Waals surface area contributed by atoms with E-state index in [0.717, 1.165) is 18.2 Å². The molecule has 0 saturated carbocycles. The average molecular weight is 285 g/mol. The van der Waals surface area contributed by atoms with E-state index in [9.17, 15) is 23.3 Å². The van der Waals surface area contributed by atoms with Crippen LogP contribution in [0, 0.1) is 27.6 Å². The molecule has 0 amide bonds. The van der Waals surface area contributed by atoms with E-state index in [4.69, 9.17) is 10.5 Å². The van der Waals surface area contributed by atoms with Crippen LogP contribution in [0.15, 0.2) is 24.3 Å². The number of hydrogen-bond acceptors (Lipinski definition) is 5. The highest BCUT2D eigenvalue weighted by Gasteiger charge is 2.22. The van der Waals surface area contributed by atoms with E-state index in [1.165, 1.54) is 0 Å². The SMILES string of the molecule is Nc1nc(Oc2c(F)cccc2[N+](=O)[O-])c(F)cc1F. The molecular weight excluding hydrogens is 279 g/mol. The van der Waals surface area contributed by atoms with E-state index >= 15 is 0 Å². The Hall–Kier alpha value is -2.84. The Morgan fingerprint density at radius 2 is 1.90 bits per heavy atom. The molecule has 20 heavy (non-hydrogen) atoms. The van der Waals surface area contributed by atoms with Gasteiger partial charge in [0.25, 0.3) is 5.88 Å². The van der Waals surface area contributed by atoms with Crippen LogP contribution in [0.25, 0.3) is 0 Å². The Bertz CT molecular complexity index is 694. The fraction of sp³-hybridized carbons (Fsp3) is 0. The van der Waals surface area contributed by atoms with Crippen LogP contribution >= 0.6 is 0 Å². The second-order valence-electron chi connectivity index (χ2n) is 3.59. The molecule has 0 radical (unpaired) electrons. The number of pyridine rings is 1. The van der Waals surface area contributed by atoms with Crippen LogP contribution in [0.1, 0.15) is 0 Å². The van der Waals surface area contributed by atoms with Gasteiger partial charge in [-0.2, -0.15) is 4.98 Å². The summed E-state index contributed by atoms with van der Waals surface area (Å²) in [7, 11) is 0. The number of nitrogens with zero attached hydrogens (tertiary/aromatic N) is 2. The first-order valence-electron chi connectivity index (χ1n) is 5.12. The highest BCUT2D eigenvalue weighted by molar-refractivity contribution is 5.49. The molecule has 9 heteroatoms. The molecule has 1 aromatic carbocycles. The lowest BCUT2D eigenvalue weighted by atomic mass is 10.3. The summed E-state index contributed by atoms with van der Waals surface area (Å²) in [5.41, 5.74) is 4.39. The molecule has 2 N–H and O–H groups in total. The van der Waals surface area contributed by atoms with Gasteiger partial charge in [0.2, 0.25) is 5.75 Å². The number of nitrogen functional groups attached to an aromatic ring is 1. The fourth-order valence-electron chi connectivity index (χ4n) is 1.37. The summed E-state index contributed by atoms with van der Waals surface area (Å²) < 4.78 is 44.6. The molecular formula is C11H6F3N3O3. The van der Waals surface area contributed by atoms with Crippen LogP contribution in [-0.2, 0) is 0 Å². The van der Waals surface area contributed by atoms with Crippen molar-refractivity contribution in [3.63, 3.8) is 0 Å². The lowest BCUT2D eigenvalue weighted by molar-refractivity contribution is -0.385. The zero-order valence-corrected chi connectivity index (χ0v) is 9.64. The lowest BCUT2D eigenvalue weighted by Crippen LogP contribution is -2.02. The van der Waals surface area contributed by atoms with Gasteiger partial charge >= 0.3 is 5.69 Å². The smallest absolute Gasteiger partial charge is 0.314 e. The number of benzene rings is 1. The number of nitro groups is 1. The third-order valence-electron chi connectivity index (χ3n) is 2.27. The maximum Gasteiger partial charge on any atom is 0.314 e. The van der Waals surface area contributed by atoms with E-state index in [0.29, 0.717) is 6.07 Å². The van der Waals surface area contributed by atoms with Gasteiger partial charge in [-0.25, -0.2) is 13.2 Å². The van der Waals surface area contributed by atoms with Gasteiger partial charge in [-0.15, -0.1) is 0 Å². The zero-order valence-electron chi connectivity index (χ0n) is 9.64. The van der Waals surface area contributed by atoms with Gasteiger partial charge in [0, 0.05) is 12.1 Å². The van der Waals surface area contributed by atoms with Crippen molar-refractivity contribution in [1.29, 1.82) is 0 Å². The standard InChI is InChI=1S/C11H6F3N3O3/c12-5-2-1-3-8(17(18)19)9(5)20-11-7(14)4-6(13)10(15)16-11/h1-4H,(H2,15,16). The van der Waals surface area contributed by atoms with Crippen LogP contribution in [0.3, 0.4) is 0 Å². The van der Waals surface area contributed by atoms with Crippen LogP contribution < -0.4 is 10.5 Å². The Morgan fingerprint density at radius 1 is 1.20 bits per heavy atom. The topological polar surface area (TPSA) is 91.3 Å². The first kappa shape index (κ1) is 13.6. The summed E-state index contributed by atoms with van der Waals surface area (Å²) in [5, 5.41) is 10.7. The van der Waals surface area contributed by atoms with Crippen molar-refractivity contribution in [3.05, 3.63) is 51.8 Å². The Kier molecular flexibility index (Phi) is 3.42. The molecule has 0 fully saturated rings. The minimum absolute atomic E-state index is 0.379. The number of ether oxygens (including phenoxy) is 1. The third-order valence-corrected chi connectivity index (χ3v) is 2.27.